The van der Waals surface area contributed by atoms with Crippen LogP contribution in [0.1, 0.15) is 11.0 Å². The van der Waals surface area contributed by atoms with E-state index in [0.717, 1.165) is 0 Å². The first-order chi connectivity index (χ1) is 7.93. The minimum atomic E-state index is -2.71. The van der Waals surface area contributed by atoms with E-state index in [1.165, 1.54) is 0 Å². The van der Waals surface area contributed by atoms with Crippen molar-refractivity contribution in [1.82, 2.24) is 10.2 Å². The smallest absolute Gasteiger partial charge is 0.0645 e. The maximum absolute atomic E-state index is 7.78. The van der Waals surface area contributed by atoms with Crippen molar-refractivity contribution in [3.63, 3.8) is 0 Å². The first-order valence-electron chi connectivity index (χ1n) is 7.10. The number of nitrogens with zero attached hydrogens (tertiary/aromatic N) is 1. The molecule has 2 aliphatic rings. The molecule has 2 aliphatic heterocycles. The number of rotatable bonds is 1. The summed E-state index contributed by atoms with van der Waals surface area (Å²) in [5.41, 5.74) is 0. The Balaban J connectivity index is 2.47. The topological polar surface area (TPSA) is 24.5 Å². The lowest BCUT2D eigenvalue weighted by atomic mass is 10.2. The van der Waals surface area contributed by atoms with Gasteiger partial charge in [0.15, 0.2) is 0 Å². The van der Waals surface area contributed by atoms with Gasteiger partial charge in [-0.2, -0.15) is 0 Å². The van der Waals surface area contributed by atoms with Crippen molar-refractivity contribution in [2.75, 3.05) is 39.2 Å². The monoisotopic (exact) mass is 150 g/mol. The van der Waals surface area contributed by atoms with Crippen molar-refractivity contribution in [3.05, 3.63) is 0 Å². The summed E-state index contributed by atoms with van der Waals surface area (Å²) in [5.74, 6) is 0. The Hall–Kier alpha value is -0.120. The molecule has 2 heterocycles. The molecule has 10 heavy (non-hydrogen) atoms. The summed E-state index contributed by atoms with van der Waals surface area (Å²) in [7, 11) is 0. The van der Waals surface area contributed by atoms with Crippen LogP contribution in [-0.2, 0) is 4.74 Å². The van der Waals surface area contributed by atoms with Crippen LogP contribution in [0.2, 0.25) is 0 Å². The van der Waals surface area contributed by atoms with E-state index >= 15 is 0 Å². The van der Waals surface area contributed by atoms with Crippen molar-refractivity contribution >= 4 is 0 Å². The molecule has 2 fully saturated rings. The molecule has 3 heteroatoms. The maximum atomic E-state index is 7.78. The molecule has 0 unspecified atom stereocenters. The average Bonchev–Trinajstić information content (AvgIpc) is 2.05. The van der Waals surface area contributed by atoms with E-state index in [-0.39, 0.29) is 13.2 Å². The maximum Gasteiger partial charge on any atom is 0.0645 e. The normalized spacial score (nSPS) is 62.0. The Bertz CT molecular complexity index is 329. The van der Waals surface area contributed by atoms with E-state index in [9.17, 15) is 0 Å². The molecule has 0 spiro atoms. The zero-order chi connectivity index (χ0) is 14.0. The Morgan fingerprint density at radius 3 is 2.60 bits per heavy atom. The second kappa shape index (κ2) is 2.86. The quantitative estimate of drug-likeness (QED) is 0.534. The van der Waals surface area contributed by atoms with Crippen molar-refractivity contribution in [2.24, 2.45) is 0 Å². The lowest BCUT2D eigenvalue weighted by molar-refractivity contribution is -0.0677. The van der Waals surface area contributed by atoms with Crippen LogP contribution >= 0.6 is 0 Å². The third kappa shape index (κ3) is 1.17. The summed E-state index contributed by atoms with van der Waals surface area (Å²) in [6, 6.07) is -0.678. The van der Waals surface area contributed by atoms with Gasteiger partial charge in [0, 0.05) is 37.0 Å². The van der Waals surface area contributed by atoms with Crippen LogP contribution in [-0.4, -0.2) is 50.1 Å². The van der Waals surface area contributed by atoms with Gasteiger partial charge in [0.25, 0.3) is 0 Å². The highest BCUT2D eigenvalue weighted by molar-refractivity contribution is 4.80. The molecule has 0 aromatic heterocycles. The second-order valence-corrected chi connectivity index (χ2v) is 2.16. The summed E-state index contributed by atoms with van der Waals surface area (Å²) >= 11 is 0. The molecule has 2 saturated heterocycles. The number of hydrogen-bond donors (Lipinski definition) is 1. The first-order valence-corrected chi connectivity index (χ1v) is 3.10. The van der Waals surface area contributed by atoms with Gasteiger partial charge in [-0.05, 0) is 0 Å². The van der Waals surface area contributed by atoms with Crippen molar-refractivity contribution < 1.29 is 15.7 Å². The molecule has 2 rings (SSSR count). The molecule has 0 radical (unpaired) electrons. The van der Waals surface area contributed by atoms with E-state index < -0.39 is 32.0 Å². The van der Waals surface area contributed by atoms with Crippen LogP contribution in [0, 0.1) is 0 Å². The Labute approximate surface area is 72.6 Å². The predicted octanol–water partition coefficient (Wildman–Crippen LogP) is -0.710. The third-order valence-electron chi connectivity index (χ3n) is 1.46. The van der Waals surface area contributed by atoms with Crippen molar-refractivity contribution in [2.45, 2.75) is 6.04 Å². The Morgan fingerprint density at radius 1 is 1.40 bits per heavy atom. The summed E-state index contributed by atoms with van der Waals surface area (Å²) in [6.07, 6.45) is 0. The first kappa shape index (κ1) is 2.19. The van der Waals surface area contributed by atoms with Gasteiger partial charge in [0.2, 0.25) is 0 Å². The standard InChI is InChI=1S/C7H14N2O/c1-3-9(4-2-8-1)7-5-10-6-7/h7-8H,1-6H2/i1D2,2D2,3D2,4D2. The highest BCUT2D eigenvalue weighted by atomic mass is 16.5. The average molecular weight is 150 g/mol. The van der Waals surface area contributed by atoms with Gasteiger partial charge in [0.1, 0.15) is 0 Å². The van der Waals surface area contributed by atoms with Crippen molar-refractivity contribution in [3.8, 4) is 0 Å². The fourth-order valence-corrected chi connectivity index (χ4v) is 0.790. The third-order valence-corrected chi connectivity index (χ3v) is 1.46. The Morgan fingerprint density at radius 2 is 2.10 bits per heavy atom. The highest BCUT2D eigenvalue weighted by Crippen LogP contribution is 2.09. The van der Waals surface area contributed by atoms with Gasteiger partial charge >= 0.3 is 0 Å². The lowest BCUT2D eigenvalue weighted by Gasteiger charge is -2.39. The zero-order valence-electron chi connectivity index (χ0n) is 13.3. The van der Waals surface area contributed by atoms with Crippen LogP contribution in [0.5, 0.6) is 0 Å². The van der Waals surface area contributed by atoms with Gasteiger partial charge in [0.05, 0.1) is 19.3 Å². The number of piperazine rings is 1. The number of ether oxygens (including phenoxy) is 1. The molecule has 3 nitrogen and oxygen atoms in total. The van der Waals surface area contributed by atoms with Crippen LogP contribution in [0.25, 0.3) is 0 Å². The number of nitrogens with one attached hydrogen (secondary N) is 1. The summed E-state index contributed by atoms with van der Waals surface area (Å²) in [5, 5.41) is 1.78. The SMILES string of the molecule is [2H]C1([2H])NC([2H])([2H])C([2H])([2H])N(C2COC2)C1([2H])[2H]. The summed E-state index contributed by atoms with van der Waals surface area (Å²) in [6.45, 7) is -10.7. The minimum Gasteiger partial charge on any atom is -0.378 e. The highest BCUT2D eigenvalue weighted by Gasteiger charge is 2.26. The van der Waals surface area contributed by atoms with E-state index in [0.29, 0.717) is 4.90 Å². The lowest BCUT2D eigenvalue weighted by Crippen LogP contribution is -2.55. The van der Waals surface area contributed by atoms with Crippen LogP contribution in [0.4, 0.5) is 0 Å². The Kier molecular flexibility index (Phi) is 0.626. The van der Waals surface area contributed by atoms with E-state index in [1.54, 1.807) is 5.32 Å². The molecule has 1 N–H and O–H groups in total. The van der Waals surface area contributed by atoms with Gasteiger partial charge in [-0.1, -0.05) is 0 Å². The molecule has 0 aromatic carbocycles. The molecular formula is C7H14N2O. The molecule has 58 valence electrons. The van der Waals surface area contributed by atoms with Gasteiger partial charge in [-0.3, -0.25) is 4.90 Å². The van der Waals surface area contributed by atoms with Crippen LogP contribution in [0.3, 0.4) is 0 Å². The number of hydrogen-bond acceptors (Lipinski definition) is 3. The molecule has 0 bridgehead atoms. The van der Waals surface area contributed by atoms with E-state index in [4.69, 9.17) is 15.7 Å². The molecule has 0 aromatic rings. The summed E-state index contributed by atoms with van der Waals surface area (Å²) < 4.78 is 66.3. The van der Waals surface area contributed by atoms with Gasteiger partial charge in [-0.25, -0.2) is 0 Å². The van der Waals surface area contributed by atoms with Gasteiger partial charge in [-0.15, -0.1) is 0 Å². The molecular weight excluding hydrogens is 128 g/mol. The predicted molar refractivity (Wildman–Crippen MR) is 39.0 cm³/mol. The fourth-order valence-electron chi connectivity index (χ4n) is 0.790. The minimum absolute atomic E-state index is 0.0607. The fraction of sp³-hybridized carbons (Fsp3) is 1.00. The van der Waals surface area contributed by atoms with E-state index in [1.807, 2.05) is 0 Å². The molecule has 0 aliphatic carbocycles. The van der Waals surface area contributed by atoms with Crippen LogP contribution < -0.4 is 5.32 Å². The van der Waals surface area contributed by atoms with E-state index in [2.05, 4.69) is 0 Å². The summed E-state index contributed by atoms with van der Waals surface area (Å²) in [4.78, 5) is 0.611. The zero-order valence-corrected chi connectivity index (χ0v) is 5.35. The second-order valence-electron chi connectivity index (χ2n) is 2.16. The molecule has 0 amide bonds. The molecule has 0 atom stereocenters. The van der Waals surface area contributed by atoms with Crippen LogP contribution in [0.15, 0.2) is 0 Å². The largest absolute Gasteiger partial charge is 0.378 e. The molecule has 0 saturated carbocycles. The van der Waals surface area contributed by atoms with Gasteiger partial charge < -0.3 is 10.1 Å². The van der Waals surface area contributed by atoms with Crippen molar-refractivity contribution in [1.29, 1.82) is 0 Å².